The molecule has 0 spiro atoms. The summed E-state index contributed by atoms with van der Waals surface area (Å²) in [4.78, 5) is 29.0. The van der Waals surface area contributed by atoms with Gasteiger partial charge in [-0.2, -0.15) is 0 Å². The van der Waals surface area contributed by atoms with Crippen molar-refractivity contribution in [1.82, 2.24) is 50.4 Å². The zero-order chi connectivity index (χ0) is 32.1. The summed E-state index contributed by atoms with van der Waals surface area (Å²) >= 11 is 2.08. The molecule has 13 heteroatoms. The molecule has 2 aromatic carbocycles. The van der Waals surface area contributed by atoms with Gasteiger partial charge in [0.05, 0.1) is 11.9 Å². The maximum atomic E-state index is 12.0. The largest absolute Gasteiger partial charge is 0.352 e. The lowest BCUT2D eigenvalue weighted by Crippen LogP contribution is -2.45. The fourth-order valence-corrected chi connectivity index (χ4v) is 6.24. The first-order chi connectivity index (χ1) is 22.4. The van der Waals surface area contributed by atoms with Gasteiger partial charge in [0.15, 0.2) is 0 Å². The molecule has 2 aliphatic heterocycles. The zero-order valence-corrected chi connectivity index (χ0v) is 28.5. The molecule has 4 heterocycles. The second-order valence-electron chi connectivity index (χ2n) is 12.0. The Kier molecular flexibility index (Phi) is 12.7. The van der Waals surface area contributed by atoms with Crippen molar-refractivity contribution in [2.75, 3.05) is 26.2 Å². The number of aromatic nitrogens is 6. The number of piperidine rings is 2. The number of carbonyl (C=O) groups is 2. The lowest BCUT2D eigenvalue weighted by Gasteiger charge is -2.32. The minimum absolute atomic E-state index is 0.00723. The molecule has 2 N–H and O–H groups in total. The zero-order valence-electron chi connectivity index (χ0n) is 26.3. The molecule has 0 atom stereocenters. The molecule has 6 rings (SSSR count). The molecule has 12 nitrogen and oxygen atoms in total. The van der Waals surface area contributed by atoms with Crippen LogP contribution in [0.5, 0.6) is 0 Å². The van der Waals surface area contributed by atoms with Crippen molar-refractivity contribution in [3.05, 3.63) is 93.6 Å². The van der Waals surface area contributed by atoms with Gasteiger partial charge >= 0.3 is 0 Å². The highest BCUT2D eigenvalue weighted by Gasteiger charge is 2.22. The number of nitrogens with zero attached hydrogens (tertiary/aromatic N) is 8. The SMILES string of the molecule is Cc1cn(CC(=O)NC2CCN(Cc3ccccc3)CC2)nn1.O=C(Cn1cc([125I])nn1)NC1CCN(Cc2ccccc2)CC1. The van der Waals surface area contributed by atoms with Gasteiger partial charge in [-0.05, 0) is 66.3 Å². The predicted molar refractivity (Wildman–Crippen MR) is 183 cm³/mol. The molecule has 0 unspecified atom stereocenters. The molecular formula is C33H43IN10O2. The Balaban J connectivity index is 0.000000181. The van der Waals surface area contributed by atoms with E-state index in [1.807, 2.05) is 19.1 Å². The van der Waals surface area contributed by atoms with Crippen LogP contribution in [0.3, 0.4) is 0 Å². The lowest BCUT2D eigenvalue weighted by atomic mass is 10.0. The van der Waals surface area contributed by atoms with E-state index in [9.17, 15) is 9.59 Å². The van der Waals surface area contributed by atoms with Gasteiger partial charge in [-0.25, -0.2) is 9.36 Å². The quantitative estimate of drug-likeness (QED) is 0.238. The van der Waals surface area contributed by atoms with Gasteiger partial charge in [-0.15, -0.1) is 10.2 Å². The van der Waals surface area contributed by atoms with Crippen LogP contribution < -0.4 is 10.6 Å². The minimum atomic E-state index is 0.00723. The Hall–Kier alpha value is -3.69. The number of nitrogens with one attached hydrogen (secondary N) is 2. The average Bonchev–Trinajstić information content (AvgIpc) is 3.66. The molecule has 0 aliphatic carbocycles. The Morgan fingerprint density at radius 3 is 1.52 bits per heavy atom. The third-order valence-electron chi connectivity index (χ3n) is 8.18. The summed E-state index contributed by atoms with van der Waals surface area (Å²) in [6.45, 7) is 8.38. The molecule has 4 aromatic rings. The minimum Gasteiger partial charge on any atom is -0.352 e. The highest BCUT2D eigenvalue weighted by Crippen LogP contribution is 2.15. The van der Waals surface area contributed by atoms with Gasteiger partial charge < -0.3 is 10.6 Å². The summed E-state index contributed by atoms with van der Waals surface area (Å²) in [5.41, 5.74) is 3.51. The standard InChI is InChI=1S/C17H23N5O.C16H20IN5O/c1-14-11-22(20-19-14)13-17(23)18-16-7-9-21(10-8-16)12-15-5-3-2-4-6-15;17-15-11-22(20-19-15)12-16(23)18-14-6-8-21(9-7-14)10-13-4-2-1-3-5-13/h2-6,11,16H,7-10,12-13H2,1H3,(H,18,23);1-5,11,14H,6-10,12H2,(H,18,23)/i;17-2. The normalized spacial score (nSPS) is 16.4. The van der Waals surface area contributed by atoms with Crippen molar-refractivity contribution in [1.29, 1.82) is 0 Å². The van der Waals surface area contributed by atoms with E-state index < -0.39 is 0 Å². The van der Waals surface area contributed by atoms with Crippen molar-refractivity contribution in [2.45, 2.75) is 70.9 Å². The Labute approximate surface area is 284 Å². The van der Waals surface area contributed by atoms with Crippen LogP contribution in [0.15, 0.2) is 73.1 Å². The van der Waals surface area contributed by atoms with Gasteiger partial charge in [0.2, 0.25) is 11.8 Å². The van der Waals surface area contributed by atoms with E-state index in [2.05, 4.69) is 112 Å². The smallest absolute Gasteiger partial charge is 0.242 e. The van der Waals surface area contributed by atoms with E-state index >= 15 is 0 Å². The number of halogens is 1. The van der Waals surface area contributed by atoms with Gasteiger partial charge in [0.1, 0.15) is 16.8 Å². The van der Waals surface area contributed by atoms with Crippen molar-refractivity contribution < 1.29 is 9.59 Å². The number of likely N-dealkylation sites (tertiary alicyclic amines) is 2. The molecule has 46 heavy (non-hydrogen) atoms. The summed E-state index contributed by atoms with van der Waals surface area (Å²) in [5, 5.41) is 21.8. The Morgan fingerprint density at radius 2 is 1.13 bits per heavy atom. The first kappa shape index (κ1) is 33.7. The fraction of sp³-hybridized carbons (Fsp3) is 0.455. The third-order valence-corrected chi connectivity index (χ3v) is 8.67. The Morgan fingerprint density at radius 1 is 0.696 bits per heavy atom. The van der Waals surface area contributed by atoms with Crippen LogP contribution in [0.25, 0.3) is 0 Å². The summed E-state index contributed by atoms with van der Waals surface area (Å²) in [6, 6.07) is 21.6. The number of benzene rings is 2. The lowest BCUT2D eigenvalue weighted by molar-refractivity contribution is -0.123. The van der Waals surface area contributed by atoms with Gasteiger partial charge in [0, 0.05) is 57.5 Å². The molecule has 0 radical (unpaired) electrons. The molecule has 0 bridgehead atoms. The maximum absolute atomic E-state index is 12.0. The van der Waals surface area contributed by atoms with E-state index in [0.717, 1.165) is 74.3 Å². The molecular weight excluding hydrogens is 693 g/mol. The van der Waals surface area contributed by atoms with Crippen LogP contribution in [0.4, 0.5) is 0 Å². The van der Waals surface area contributed by atoms with Crippen LogP contribution in [0.1, 0.15) is 42.5 Å². The molecule has 244 valence electrons. The van der Waals surface area contributed by atoms with Crippen molar-refractivity contribution in [2.24, 2.45) is 0 Å². The molecule has 2 fully saturated rings. The second-order valence-corrected chi connectivity index (χ2v) is 13.1. The number of amides is 2. The van der Waals surface area contributed by atoms with E-state index in [1.165, 1.54) is 11.1 Å². The average molecular weight is 737 g/mol. The van der Waals surface area contributed by atoms with E-state index in [0.29, 0.717) is 0 Å². The number of aryl methyl sites for hydroxylation is 1. The van der Waals surface area contributed by atoms with E-state index in [1.54, 1.807) is 21.8 Å². The van der Waals surface area contributed by atoms with Crippen LogP contribution in [0.2, 0.25) is 0 Å². The Bertz CT molecular complexity index is 1380. The first-order valence-electron chi connectivity index (χ1n) is 15.9. The molecule has 2 saturated heterocycles. The molecule has 2 aromatic heterocycles. The van der Waals surface area contributed by atoms with Crippen LogP contribution in [-0.2, 0) is 35.8 Å². The second kappa shape index (κ2) is 17.3. The van der Waals surface area contributed by atoms with Gasteiger partial charge in [0.25, 0.3) is 0 Å². The highest BCUT2D eigenvalue weighted by molar-refractivity contribution is 14.1. The predicted octanol–water partition coefficient (Wildman–Crippen LogP) is 3.03. The van der Waals surface area contributed by atoms with Crippen molar-refractivity contribution in [3.63, 3.8) is 0 Å². The molecule has 0 saturated carbocycles. The summed E-state index contributed by atoms with van der Waals surface area (Å²) in [5.74, 6) is 0.0178. The monoisotopic (exact) mass is 736 g/mol. The van der Waals surface area contributed by atoms with Gasteiger partial charge in [-0.1, -0.05) is 71.1 Å². The van der Waals surface area contributed by atoms with Crippen molar-refractivity contribution >= 4 is 34.4 Å². The van der Waals surface area contributed by atoms with E-state index in [-0.39, 0.29) is 37.0 Å². The number of rotatable bonds is 10. The molecule has 2 amide bonds. The third kappa shape index (κ3) is 11.3. The number of hydrogen-bond acceptors (Lipinski definition) is 8. The fourth-order valence-electron chi connectivity index (χ4n) is 5.82. The van der Waals surface area contributed by atoms with Crippen LogP contribution >= 0.6 is 22.6 Å². The summed E-state index contributed by atoms with van der Waals surface area (Å²) < 4.78 is 3.95. The summed E-state index contributed by atoms with van der Waals surface area (Å²) in [7, 11) is 0. The number of hydrogen-bond donors (Lipinski definition) is 2. The van der Waals surface area contributed by atoms with Crippen LogP contribution in [-0.4, -0.2) is 89.9 Å². The van der Waals surface area contributed by atoms with Crippen molar-refractivity contribution in [3.8, 4) is 0 Å². The first-order valence-corrected chi connectivity index (χ1v) is 17.0. The highest BCUT2D eigenvalue weighted by atomic mass is 125. The summed E-state index contributed by atoms with van der Waals surface area (Å²) in [6.07, 6.45) is 7.52. The van der Waals surface area contributed by atoms with Crippen LogP contribution in [0, 0.1) is 10.6 Å². The van der Waals surface area contributed by atoms with Gasteiger partial charge in [-0.3, -0.25) is 19.4 Å². The topological polar surface area (TPSA) is 126 Å². The molecule has 2 aliphatic rings. The van der Waals surface area contributed by atoms with E-state index in [4.69, 9.17) is 0 Å². The maximum Gasteiger partial charge on any atom is 0.242 e. The number of carbonyl (C=O) groups excluding carboxylic acids is 2.